The maximum atomic E-state index is 12.0. The molecule has 1 amide bonds. The second-order valence-corrected chi connectivity index (χ2v) is 7.43. The lowest BCUT2D eigenvalue weighted by molar-refractivity contribution is -0.115. The van der Waals surface area contributed by atoms with Crippen molar-refractivity contribution in [3.8, 4) is 6.07 Å². The van der Waals surface area contributed by atoms with E-state index in [1.807, 2.05) is 22.9 Å². The molecule has 20 heavy (non-hydrogen) atoms. The van der Waals surface area contributed by atoms with E-state index >= 15 is 0 Å². The van der Waals surface area contributed by atoms with E-state index in [9.17, 15) is 10.1 Å². The lowest BCUT2D eigenvalue weighted by atomic mass is 9.86. The van der Waals surface area contributed by atoms with Gasteiger partial charge in [0.25, 0.3) is 0 Å². The zero-order valence-corrected chi connectivity index (χ0v) is 13.3. The number of hydrogen-bond donors (Lipinski definition) is 1. The molecule has 1 N–H and O–H groups in total. The molecule has 0 saturated carbocycles. The van der Waals surface area contributed by atoms with E-state index in [0.29, 0.717) is 17.0 Å². The molecular weight excluding hydrogens is 288 g/mol. The number of carbonyl (C=O) groups is 1. The first-order valence-corrected chi connectivity index (χ1v) is 8.02. The highest BCUT2D eigenvalue weighted by Gasteiger charge is 2.23. The van der Waals surface area contributed by atoms with Gasteiger partial charge in [-0.15, -0.1) is 22.7 Å². The predicted molar refractivity (Wildman–Crippen MR) is 84.4 cm³/mol. The van der Waals surface area contributed by atoms with Crippen LogP contribution in [0, 0.1) is 11.3 Å². The van der Waals surface area contributed by atoms with E-state index in [2.05, 4.69) is 32.2 Å². The van der Waals surface area contributed by atoms with Gasteiger partial charge in [-0.3, -0.25) is 4.79 Å². The molecule has 0 aliphatic rings. The van der Waals surface area contributed by atoms with E-state index in [1.54, 1.807) is 11.3 Å². The molecule has 5 heteroatoms. The van der Waals surface area contributed by atoms with Gasteiger partial charge < -0.3 is 5.32 Å². The Bertz CT molecular complexity index is 642. The molecular formula is C15H16N2OS2. The normalized spacial score (nSPS) is 11.1. The third kappa shape index (κ3) is 3.27. The summed E-state index contributed by atoms with van der Waals surface area (Å²) in [7, 11) is 0. The Labute approximate surface area is 126 Å². The Hall–Kier alpha value is -1.64. The molecule has 0 radical (unpaired) electrons. The Kier molecular flexibility index (Phi) is 4.26. The molecule has 2 aromatic heterocycles. The molecule has 0 bridgehead atoms. The van der Waals surface area contributed by atoms with Gasteiger partial charge in [0.15, 0.2) is 0 Å². The highest BCUT2D eigenvalue weighted by Crippen LogP contribution is 2.35. The highest BCUT2D eigenvalue weighted by molar-refractivity contribution is 7.14. The Morgan fingerprint density at radius 1 is 1.40 bits per heavy atom. The van der Waals surface area contributed by atoms with Crippen molar-refractivity contribution in [3.63, 3.8) is 0 Å². The third-order valence-electron chi connectivity index (χ3n) is 2.88. The molecule has 104 valence electrons. The molecule has 0 aromatic carbocycles. The summed E-state index contributed by atoms with van der Waals surface area (Å²) in [6, 6.07) is 6.08. The number of hydrogen-bond acceptors (Lipinski definition) is 4. The van der Waals surface area contributed by atoms with Crippen LogP contribution in [0.15, 0.2) is 22.9 Å². The molecule has 0 aliphatic carbocycles. The van der Waals surface area contributed by atoms with E-state index < -0.39 is 0 Å². The van der Waals surface area contributed by atoms with Gasteiger partial charge in [-0.05, 0) is 27.8 Å². The fraction of sp³-hybridized carbons (Fsp3) is 0.333. The van der Waals surface area contributed by atoms with Crippen LogP contribution in [0.4, 0.5) is 5.00 Å². The van der Waals surface area contributed by atoms with Crippen LogP contribution in [-0.2, 0) is 16.6 Å². The topological polar surface area (TPSA) is 52.9 Å². The van der Waals surface area contributed by atoms with E-state index in [-0.39, 0.29) is 11.3 Å². The Balaban J connectivity index is 2.16. The monoisotopic (exact) mass is 304 g/mol. The summed E-state index contributed by atoms with van der Waals surface area (Å²) in [4.78, 5) is 13.0. The summed E-state index contributed by atoms with van der Waals surface area (Å²) < 4.78 is 0. The summed E-state index contributed by atoms with van der Waals surface area (Å²) in [5.41, 5.74) is 1.47. The first-order chi connectivity index (χ1) is 9.41. The van der Waals surface area contributed by atoms with Gasteiger partial charge in [-0.25, -0.2) is 0 Å². The van der Waals surface area contributed by atoms with Crippen LogP contribution in [0.2, 0.25) is 0 Å². The van der Waals surface area contributed by atoms with Crippen molar-refractivity contribution >= 4 is 33.6 Å². The summed E-state index contributed by atoms with van der Waals surface area (Å²) in [5, 5.41) is 16.7. The molecule has 0 unspecified atom stereocenters. The lowest BCUT2D eigenvalue weighted by Gasteiger charge is -2.17. The van der Waals surface area contributed by atoms with Gasteiger partial charge in [0, 0.05) is 4.88 Å². The quantitative estimate of drug-likeness (QED) is 0.925. The van der Waals surface area contributed by atoms with E-state index in [4.69, 9.17) is 0 Å². The van der Waals surface area contributed by atoms with Crippen molar-refractivity contribution in [2.45, 2.75) is 32.6 Å². The van der Waals surface area contributed by atoms with Crippen molar-refractivity contribution in [2.75, 3.05) is 5.32 Å². The number of nitriles is 1. The number of thiophene rings is 2. The molecule has 0 aliphatic heterocycles. The second kappa shape index (κ2) is 5.78. The largest absolute Gasteiger partial charge is 0.316 e. The number of anilines is 1. The number of carbonyl (C=O) groups excluding carboxylic acids is 1. The zero-order valence-electron chi connectivity index (χ0n) is 11.7. The molecule has 0 fully saturated rings. The van der Waals surface area contributed by atoms with E-state index in [0.717, 1.165) is 10.4 Å². The Morgan fingerprint density at radius 2 is 2.15 bits per heavy atom. The number of rotatable bonds is 3. The summed E-state index contributed by atoms with van der Waals surface area (Å²) in [6.45, 7) is 6.19. The molecule has 2 heterocycles. The van der Waals surface area contributed by atoms with Crippen LogP contribution in [0.3, 0.4) is 0 Å². The summed E-state index contributed by atoms with van der Waals surface area (Å²) in [5.74, 6) is -0.0775. The zero-order chi connectivity index (χ0) is 14.8. The van der Waals surface area contributed by atoms with Crippen LogP contribution in [0.5, 0.6) is 0 Å². The van der Waals surface area contributed by atoms with Gasteiger partial charge in [0.2, 0.25) is 5.91 Å². The maximum absolute atomic E-state index is 12.0. The van der Waals surface area contributed by atoms with Crippen LogP contribution in [0.25, 0.3) is 0 Å². The predicted octanol–water partition coefficient (Wildman–Crippen LogP) is 4.16. The first-order valence-electron chi connectivity index (χ1n) is 6.26. The fourth-order valence-electron chi connectivity index (χ4n) is 1.85. The van der Waals surface area contributed by atoms with Crippen molar-refractivity contribution in [1.82, 2.24) is 0 Å². The molecule has 2 aromatic rings. The van der Waals surface area contributed by atoms with Gasteiger partial charge in [0.05, 0.1) is 12.0 Å². The average molecular weight is 304 g/mol. The number of nitrogens with zero attached hydrogens (tertiary/aromatic N) is 1. The van der Waals surface area contributed by atoms with Crippen LogP contribution in [-0.4, -0.2) is 5.91 Å². The standard InChI is InChI=1S/C15H16N2OS2/c1-15(2,3)12-9-20-14(11(12)8-16)17-13(18)7-10-5-4-6-19-10/h4-6,9H,7H2,1-3H3,(H,17,18). The van der Waals surface area contributed by atoms with Gasteiger partial charge in [-0.1, -0.05) is 26.8 Å². The summed E-state index contributed by atoms with van der Waals surface area (Å²) in [6.07, 6.45) is 0.352. The van der Waals surface area contributed by atoms with Crippen molar-refractivity contribution in [1.29, 1.82) is 5.26 Å². The minimum Gasteiger partial charge on any atom is -0.316 e. The Morgan fingerprint density at radius 3 is 2.70 bits per heavy atom. The minimum atomic E-state index is -0.0989. The first kappa shape index (κ1) is 14.8. The smallest absolute Gasteiger partial charge is 0.230 e. The molecule has 2 rings (SSSR count). The SMILES string of the molecule is CC(C)(C)c1csc(NC(=O)Cc2cccs2)c1C#N. The molecule has 0 spiro atoms. The van der Waals surface area contributed by atoms with Gasteiger partial charge >= 0.3 is 0 Å². The fourth-order valence-corrected chi connectivity index (χ4v) is 3.71. The third-order valence-corrected chi connectivity index (χ3v) is 4.65. The molecule has 3 nitrogen and oxygen atoms in total. The average Bonchev–Trinajstić information content (AvgIpc) is 2.97. The maximum Gasteiger partial charge on any atom is 0.230 e. The highest BCUT2D eigenvalue weighted by atomic mass is 32.1. The van der Waals surface area contributed by atoms with Crippen LogP contribution in [0.1, 0.15) is 36.8 Å². The second-order valence-electron chi connectivity index (χ2n) is 5.52. The van der Waals surface area contributed by atoms with Crippen molar-refractivity contribution < 1.29 is 4.79 Å². The van der Waals surface area contributed by atoms with Crippen LogP contribution < -0.4 is 5.32 Å². The molecule has 0 saturated heterocycles. The minimum absolute atomic E-state index is 0.0775. The summed E-state index contributed by atoms with van der Waals surface area (Å²) >= 11 is 2.98. The van der Waals surface area contributed by atoms with E-state index in [1.165, 1.54) is 11.3 Å². The molecule has 0 atom stereocenters. The number of nitrogens with one attached hydrogen (secondary N) is 1. The van der Waals surface area contributed by atoms with Gasteiger partial charge in [0.1, 0.15) is 11.1 Å². The lowest BCUT2D eigenvalue weighted by Crippen LogP contribution is -2.15. The van der Waals surface area contributed by atoms with Crippen LogP contribution >= 0.6 is 22.7 Å². The number of amides is 1. The van der Waals surface area contributed by atoms with Crippen molar-refractivity contribution in [3.05, 3.63) is 38.9 Å². The van der Waals surface area contributed by atoms with Crippen molar-refractivity contribution in [2.24, 2.45) is 0 Å². The van der Waals surface area contributed by atoms with Gasteiger partial charge in [-0.2, -0.15) is 5.26 Å².